The summed E-state index contributed by atoms with van der Waals surface area (Å²) in [6, 6.07) is 18.3. The van der Waals surface area contributed by atoms with Crippen molar-refractivity contribution >= 4 is 27.3 Å². The van der Waals surface area contributed by atoms with E-state index < -0.39 is 0 Å². The van der Waals surface area contributed by atoms with Crippen LogP contribution < -0.4 is 5.32 Å². The molecular formula is C25H27N5OS. The molecule has 0 saturated carbocycles. The molecule has 3 heterocycles. The molecule has 0 saturated heterocycles. The van der Waals surface area contributed by atoms with Gasteiger partial charge in [-0.25, -0.2) is 0 Å². The third-order valence-corrected chi connectivity index (χ3v) is 7.23. The molecule has 1 aliphatic heterocycles. The van der Waals surface area contributed by atoms with Crippen molar-refractivity contribution in [2.75, 3.05) is 13.1 Å². The van der Waals surface area contributed by atoms with Crippen LogP contribution in [-0.2, 0) is 19.5 Å². The number of benzene rings is 2. The molecule has 1 N–H and O–H groups in total. The summed E-state index contributed by atoms with van der Waals surface area (Å²) in [5.74, 6) is 1.74. The molecule has 1 atom stereocenters. The highest BCUT2D eigenvalue weighted by atomic mass is 32.1. The number of carbonyl (C=O) groups is 1. The van der Waals surface area contributed by atoms with E-state index >= 15 is 0 Å². The monoisotopic (exact) mass is 445 g/mol. The number of fused-ring (bicyclic) bond motifs is 2. The van der Waals surface area contributed by atoms with Crippen LogP contribution in [-0.4, -0.2) is 38.7 Å². The average Bonchev–Trinajstić information content (AvgIpc) is 3.33. The number of rotatable bonds is 5. The minimum Gasteiger partial charge on any atom is -0.342 e. The molecule has 6 nitrogen and oxygen atoms in total. The van der Waals surface area contributed by atoms with Gasteiger partial charge in [-0.1, -0.05) is 36.4 Å². The number of carbonyl (C=O) groups excluding carboxylic acids is 1. The highest BCUT2D eigenvalue weighted by Gasteiger charge is 2.23. The van der Waals surface area contributed by atoms with Crippen molar-refractivity contribution in [1.29, 1.82) is 0 Å². The molecule has 1 aliphatic rings. The van der Waals surface area contributed by atoms with Crippen LogP contribution in [0.4, 0.5) is 0 Å². The number of aryl methyl sites for hydroxylation is 1. The Bertz CT molecular complexity index is 1230. The molecule has 0 spiro atoms. The lowest BCUT2D eigenvalue weighted by Gasteiger charge is -2.19. The van der Waals surface area contributed by atoms with Gasteiger partial charge in [0.2, 0.25) is 0 Å². The number of amides is 1. The number of nitrogens with one attached hydrogen (secondary N) is 1. The number of thiophene rings is 1. The van der Waals surface area contributed by atoms with Gasteiger partial charge in [0, 0.05) is 47.7 Å². The summed E-state index contributed by atoms with van der Waals surface area (Å²) in [6.07, 6.45) is 0.857. The van der Waals surface area contributed by atoms with Crippen LogP contribution in [0.25, 0.3) is 10.1 Å². The minimum absolute atomic E-state index is 0.0760. The molecule has 164 valence electrons. The van der Waals surface area contributed by atoms with Gasteiger partial charge in [-0.15, -0.1) is 21.5 Å². The van der Waals surface area contributed by atoms with E-state index in [1.807, 2.05) is 49.4 Å². The fraction of sp³-hybridized carbons (Fsp3) is 0.320. The lowest BCUT2D eigenvalue weighted by atomic mass is 10.1. The summed E-state index contributed by atoms with van der Waals surface area (Å²) in [7, 11) is 0. The number of hydrogen-bond donors (Lipinski definition) is 1. The zero-order valence-electron chi connectivity index (χ0n) is 18.4. The van der Waals surface area contributed by atoms with Gasteiger partial charge >= 0.3 is 0 Å². The Hall–Kier alpha value is -3.03. The molecular weight excluding hydrogens is 418 g/mol. The van der Waals surface area contributed by atoms with Crippen LogP contribution in [0.3, 0.4) is 0 Å². The van der Waals surface area contributed by atoms with Gasteiger partial charge in [0.05, 0.1) is 6.04 Å². The van der Waals surface area contributed by atoms with E-state index in [1.165, 1.54) is 15.0 Å². The van der Waals surface area contributed by atoms with E-state index in [1.54, 1.807) is 0 Å². The van der Waals surface area contributed by atoms with Crippen LogP contribution in [0.5, 0.6) is 0 Å². The van der Waals surface area contributed by atoms with Crippen LogP contribution in [0.2, 0.25) is 0 Å². The molecule has 4 aromatic rings. The Morgan fingerprint density at radius 1 is 1.09 bits per heavy atom. The zero-order valence-corrected chi connectivity index (χ0v) is 19.2. The summed E-state index contributed by atoms with van der Waals surface area (Å²) >= 11 is 1.87. The summed E-state index contributed by atoms with van der Waals surface area (Å²) in [6.45, 7) is 7.60. The van der Waals surface area contributed by atoms with Crippen LogP contribution in [0, 0.1) is 6.92 Å². The maximum Gasteiger partial charge on any atom is 0.252 e. The number of hydrogen-bond acceptors (Lipinski definition) is 5. The molecule has 1 amide bonds. The third-order valence-electron chi connectivity index (χ3n) is 6.13. The Labute approximate surface area is 191 Å². The van der Waals surface area contributed by atoms with Crippen LogP contribution in [0.15, 0.2) is 54.6 Å². The molecule has 0 aliphatic carbocycles. The van der Waals surface area contributed by atoms with Crippen molar-refractivity contribution in [1.82, 2.24) is 25.0 Å². The first-order valence-corrected chi connectivity index (χ1v) is 11.9. The Morgan fingerprint density at radius 2 is 1.91 bits per heavy atom. The highest BCUT2D eigenvalue weighted by Crippen LogP contribution is 2.27. The van der Waals surface area contributed by atoms with Gasteiger partial charge in [-0.2, -0.15) is 0 Å². The second kappa shape index (κ2) is 8.84. The first-order chi connectivity index (χ1) is 15.6. The van der Waals surface area contributed by atoms with Crippen molar-refractivity contribution in [3.05, 3.63) is 82.3 Å². The number of aromatic nitrogens is 3. The third kappa shape index (κ3) is 4.18. The van der Waals surface area contributed by atoms with Crippen molar-refractivity contribution in [3.63, 3.8) is 0 Å². The Morgan fingerprint density at radius 3 is 2.75 bits per heavy atom. The topological polar surface area (TPSA) is 63.1 Å². The van der Waals surface area contributed by atoms with Crippen molar-refractivity contribution in [3.8, 4) is 0 Å². The molecule has 32 heavy (non-hydrogen) atoms. The molecule has 0 bridgehead atoms. The smallest absolute Gasteiger partial charge is 0.252 e. The summed E-state index contributed by atoms with van der Waals surface area (Å²) < 4.78 is 3.53. The maximum absolute atomic E-state index is 12.8. The lowest BCUT2D eigenvalue weighted by Crippen LogP contribution is -2.30. The molecule has 5 rings (SSSR count). The van der Waals surface area contributed by atoms with E-state index in [0.717, 1.165) is 49.8 Å². The van der Waals surface area contributed by atoms with E-state index in [-0.39, 0.29) is 11.9 Å². The van der Waals surface area contributed by atoms with Crippen LogP contribution >= 0.6 is 11.3 Å². The molecule has 7 heteroatoms. The fourth-order valence-corrected chi connectivity index (χ4v) is 5.48. The average molecular weight is 446 g/mol. The SMILES string of the molecule is Cc1ccccc1C(=O)N[C@@H](C)c1nnc2n1CCN(Cc1cc3ccccc3s1)CC2. The van der Waals surface area contributed by atoms with Gasteiger partial charge in [-0.05, 0) is 43.0 Å². The second-order valence-electron chi connectivity index (χ2n) is 8.41. The van der Waals surface area contributed by atoms with Crippen molar-refractivity contribution in [2.45, 2.75) is 39.4 Å². The lowest BCUT2D eigenvalue weighted by molar-refractivity contribution is 0.0937. The second-order valence-corrected chi connectivity index (χ2v) is 9.58. The van der Waals surface area contributed by atoms with Crippen molar-refractivity contribution < 1.29 is 4.79 Å². The predicted octanol–water partition coefficient (Wildman–Crippen LogP) is 4.35. The van der Waals surface area contributed by atoms with E-state index in [2.05, 4.69) is 55.3 Å². The summed E-state index contributed by atoms with van der Waals surface area (Å²) in [5.41, 5.74) is 1.67. The van der Waals surface area contributed by atoms with Gasteiger partial charge in [0.25, 0.3) is 5.91 Å². The van der Waals surface area contributed by atoms with E-state index in [9.17, 15) is 4.79 Å². The predicted molar refractivity (Wildman–Crippen MR) is 128 cm³/mol. The van der Waals surface area contributed by atoms with Crippen molar-refractivity contribution in [2.24, 2.45) is 0 Å². The van der Waals surface area contributed by atoms with Gasteiger partial charge in [0.15, 0.2) is 5.82 Å². The first kappa shape index (κ1) is 20.8. The standard InChI is InChI=1S/C25H27N5OS/c1-17-7-3-5-9-21(17)25(31)26-18(2)24-28-27-23-11-12-29(13-14-30(23)24)16-20-15-19-8-4-6-10-22(19)32-20/h3-10,15,18H,11-14,16H2,1-2H3,(H,26,31)/t18-/m0/s1. The van der Waals surface area contributed by atoms with E-state index in [0.29, 0.717) is 5.56 Å². The van der Waals surface area contributed by atoms with E-state index in [4.69, 9.17) is 0 Å². The Kier molecular flexibility index (Phi) is 5.76. The zero-order chi connectivity index (χ0) is 22.1. The largest absolute Gasteiger partial charge is 0.342 e. The molecule has 2 aromatic carbocycles. The molecule has 0 fully saturated rings. The molecule has 2 aromatic heterocycles. The van der Waals surface area contributed by atoms with Gasteiger partial charge in [-0.3, -0.25) is 9.69 Å². The molecule has 0 unspecified atom stereocenters. The van der Waals surface area contributed by atoms with Gasteiger partial charge in [0.1, 0.15) is 5.82 Å². The summed E-state index contributed by atoms with van der Waals surface area (Å²) in [4.78, 5) is 16.6. The normalized spacial score (nSPS) is 15.3. The molecule has 0 radical (unpaired) electrons. The highest BCUT2D eigenvalue weighted by molar-refractivity contribution is 7.19. The Balaban J connectivity index is 1.26. The first-order valence-electron chi connectivity index (χ1n) is 11.1. The maximum atomic E-state index is 12.8. The quantitative estimate of drug-likeness (QED) is 0.496. The minimum atomic E-state index is -0.211. The van der Waals surface area contributed by atoms with Crippen LogP contribution in [0.1, 0.15) is 45.4 Å². The van der Waals surface area contributed by atoms with Gasteiger partial charge < -0.3 is 9.88 Å². The fourth-order valence-electron chi connectivity index (χ4n) is 4.37. The summed E-state index contributed by atoms with van der Waals surface area (Å²) in [5, 5.41) is 13.3. The number of nitrogens with zero attached hydrogens (tertiary/aromatic N) is 4.